The van der Waals surface area contributed by atoms with Crippen LogP contribution in [0.15, 0.2) is 18.5 Å². The summed E-state index contributed by atoms with van der Waals surface area (Å²) in [6, 6.07) is 1.53. The highest BCUT2D eigenvalue weighted by Crippen LogP contribution is 2.14. The van der Waals surface area contributed by atoms with E-state index < -0.39 is 21.1 Å². The molecular formula is C15H22N4O3S. The van der Waals surface area contributed by atoms with Gasteiger partial charge < -0.3 is 4.90 Å². The average molecular weight is 338 g/mol. The third-order valence-corrected chi connectivity index (χ3v) is 6.00. The maximum Gasteiger partial charge on any atom is 0.244 e. The summed E-state index contributed by atoms with van der Waals surface area (Å²) >= 11 is 0. The summed E-state index contributed by atoms with van der Waals surface area (Å²) < 4.78 is 24.8. The number of hydrogen-bond donors (Lipinski definition) is 0. The number of fused-ring (bicyclic) bond motifs is 1. The normalized spacial score (nSPS) is 14.7. The first-order chi connectivity index (χ1) is 10.6. The zero-order valence-electron chi connectivity index (χ0n) is 14.0. The largest absolute Gasteiger partial charge is 0.340 e. The molecule has 0 bridgehead atoms. The lowest BCUT2D eigenvalue weighted by atomic mass is 10.2. The molecule has 0 aromatic carbocycles. The highest BCUT2D eigenvalue weighted by molar-refractivity contribution is 7.91. The van der Waals surface area contributed by atoms with Gasteiger partial charge in [0.2, 0.25) is 5.91 Å². The molecule has 1 amide bonds. The fraction of sp³-hybridized carbons (Fsp3) is 0.533. The summed E-state index contributed by atoms with van der Waals surface area (Å²) in [5, 5.41) is 4.44. The molecule has 2 unspecified atom stereocenters. The molecule has 0 spiro atoms. The number of carbonyl (C=O) groups excluding carboxylic acids is 1. The molecule has 0 aliphatic carbocycles. The molecule has 2 atom stereocenters. The number of amides is 1. The van der Waals surface area contributed by atoms with Gasteiger partial charge in [-0.1, -0.05) is 0 Å². The summed E-state index contributed by atoms with van der Waals surface area (Å²) in [7, 11) is -1.60. The van der Waals surface area contributed by atoms with E-state index in [2.05, 4.69) is 10.1 Å². The van der Waals surface area contributed by atoms with Gasteiger partial charge in [-0.3, -0.25) is 4.79 Å². The van der Waals surface area contributed by atoms with E-state index in [4.69, 9.17) is 0 Å². The highest BCUT2D eigenvalue weighted by atomic mass is 32.2. The summed E-state index contributed by atoms with van der Waals surface area (Å²) in [6.45, 7) is 5.30. The van der Waals surface area contributed by atoms with Gasteiger partial charge in [0.1, 0.15) is 6.54 Å². The van der Waals surface area contributed by atoms with Crippen molar-refractivity contribution in [3.8, 4) is 0 Å². The minimum Gasteiger partial charge on any atom is -0.340 e. The van der Waals surface area contributed by atoms with Crippen LogP contribution in [0.2, 0.25) is 0 Å². The molecule has 2 aromatic heterocycles. The molecule has 2 rings (SSSR count). The zero-order chi connectivity index (χ0) is 17.4. The standard InChI is InChI=1S/C15H22N4O3S/c1-10-6-13-8-17-19(15(13)16-7-10)9-14(20)18(4)11(2)12(3)23(5,21)22/h6-8,11-12H,9H2,1-5H3. The van der Waals surface area contributed by atoms with Gasteiger partial charge in [-0.15, -0.1) is 0 Å². The van der Waals surface area contributed by atoms with Crippen LogP contribution in [0.4, 0.5) is 0 Å². The number of aromatic nitrogens is 3. The minimum atomic E-state index is -3.21. The fourth-order valence-corrected chi connectivity index (χ4v) is 3.24. The Bertz CT molecular complexity index is 828. The second-order valence-corrected chi connectivity index (χ2v) is 8.41. The average Bonchev–Trinajstić information content (AvgIpc) is 2.85. The van der Waals surface area contributed by atoms with Crippen LogP contribution >= 0.6 is 0 Å². The van der Waals surface area contributed by atoms with E-state index in [1.54, 1.807) is 33.3 Å². The number of carbonyl (C=O) groups is 1. The summed E-state index contributed by atoms with van der Waals surface area (Å²) in [6.07, 6.45) is 4.58. The number of aryl methyl sites for hydroxylation is 1. The Hall–Kier alpha value is -1.96. The minimum absolute atomic E-state index is 0.0247. The maximum atomic E-state index is 12.4. The van der Waals surface area contributed by atoms with Crippen LogP contribution < -0.4 is 0 Å². The highest BCUT2D eigenvalue weighted by Gasteiger charge is 2.28. The first-order valence-electron chi connectivity index (χ1n) is 7.34. The van der Waals surface area contributed by atoms with Gasteiger partial charge in [-0.05, 0) is 32.4 Å². The van der Waals surface area contributed by atoms with E-state index in [1.165, 1.54) is 15.8 Å². The Balaban J connectivity index is 2.17. The topological polar surface area (TPSA) is 85.2 Å². The van der Waals surface area contributed by atoms with Crippen LogP contribution in [0.1, 0.15) is 19.4 Å². The van der Waals surface area contributed by atoms with Crippen LogP contribution in [-0.2, 0) is 21.2 Å². The van der Waals surface area contributed by atoms with E-state index in [1.807, 2.05) is 13.0 Å². The zero-order valence-corrected chi connectivity index (χ0v) is 14.8. The van der Waals surface area contributed by atoms with E-state index in [9.17, 15) is 13.2 Å². The molecule has 0 aliphatic rings. The van der Waals surface area contributed by atoms with Gasteiger partial charge >= 0.3 is 0 Å². The van der Waals surface area contributed by atoms with E-state index in [0.717, 1.165) is 10.9 Å². The Morgan fingerprint density at radius 1 is 1.35 bits per heavy atom. The first-order valence-corrected chi connectivity index (χ1v) is 9.29. The van der Waals surface area contributed by atoms with Crippen molar-refractivity contribution in [2.45, 2.75) is 38.6 Å². The number of likely N-dealkylation sites (N-methyl/N-ethyl adjacent to an activating group) is 1. The molecule has 0 N–H and O–H groups in total. The van der Waals surface area contributed by atoms with Crippen molar-refractivity contribution in [2.24, 2.45) is 0 Å². The Labute approximate surface area is 136 Å². The summed E-state index contributed by atoms with van der Waals surface area (Å²) in [5.41, 5.74) is 1.66. The van der Waals surface area contributed by atoms with Crippen LogP contribution in [0, 0.1) is 6.92 Å². The van der Waals surface area contributed by atoms with Crippen LogP contribution in [0.5, 0.6) is 0 Å². The lowest BCUT2D eigenvalue weighted by molar-refractivity contribution is -0.132. The Kier molecular flexibility index (Phi) is 4.74. The predicted molar refractivity (Wildman–Crippen MR) is 88.8 cm³/mol. The number of hydrogen-bond acceptors (Lipinski definition) is 5. The Morgan fingerprint density at radius 2 is 2.00 bits per heavy atom. The van der Waals surface area contributed by atoms with Crippen molar-refractivity contribution in [3.05, 3.63) is 24.0 Å². The molecule has 7 nitrogen and oxygen atoms in total. The number of sulfone groups is 1. The summed E-state index contributed by atoms with van der Waals surface area (Å²) in [4.78, 5) is 18.2. The molecule has 0 radical (unpaired) electrons. The number of nitrogens with zero attached hydrogens (tertiary/aromatic N) is 4. The van der Waals surface area contributed by atoms with Gasteiger partial charge in [-0.25, -0.2) is 18.1 Å². The maximum absolute atomic E-state index is 12.4. The smallest absolute Gasteiger partial charge is 0.244 e. The lowest BCUT2D eigenvalue weighted by Gasteiger charge is -2.29. The van der Waals surface area contributed by atoms with Crippen LogP contribution in [-0.4, -0.2) is 58.6 Å². The van der Waals surface area contributed by atoms with E-state index >= 15 is 0 Å². The van der Waals surface area contributed by atoms with Crippen molar-refractivity contribution in [2.75, 3.05) is 13.3 Å². The second-order valence-electron chi connectivity index (χ2n) is 6.01. The second kappa shape index (κ2) is 6.27. The predicted octanol–water partition coefficient (Wildman–Crippen LogP) is 1.02. The van der Waals surface area contributed by atoms with Gasteiger partial charge in [0.25, 0.3) is 0 Å². The molecule has 2 aromatic rings. The molecular weight excluding hydrogens is 316 g/mol. The quantitative estimate of drug-likeness (QED) is 0.812. The van der Waals surface area contributed by atoms with Crippen molar-refractivity contribution < 1.29 is 13.2 Å². The first kappa shape index (κ1) is 17.4. The van der Waals surface area contributed by atoms with Crippen molar-refractivity contribution >= 4 is 26.8 Å². The fourth-order valence-electron chi connectivity index (χ4n) is 2.34. The Morgan fingerprint density at radius 3 is 2.61 bits per heavy atom. The van der Waals surface area contributed by atoms with E-state index in [-0.39, 0.29) is 12.5 Å². The molecule has 23 heavy (non-hydrogen) atoms. The van der Waals surface area contributed by atoms with Gasteiger partial charge in [0, 0.05) is 30.9 Å². The van der Waals surface area contributed by atoms with Gasteiger partial charge in [0.05, 0.1) is 11.4 Å². The third-order valence-electron chi connectivity index (χ3n) is 4.26. The SMILES string of the molecule is Cc1cnc2c(cnn2CC(=O)N(C)C(C)C(C)S(C)(=O)=O)c1. The molecule has 0 saturated heterocycles. The molecule has 0 saturated carbocycles. The summed E-state index contributed by atoms with van der Waals surface area (Å²) in [5.74, 6) is -0.208. The van der Waals surface area contributed by atoms with Gasteiger partial charge in [-0.2, -0.15) is 5.10 Å². The van der Waals surface area contributed by atoms with E-state index in [0.29, 0.717) is 5.65 Å². The molecule has 126 valence electrons. The van der Waals surface area contributed by atoms with Crippen molar-refractivity contribution in [1.82, 2.24) is 19.7 Å². The van der Waals surface area contributed by atoms with Crippen LogP contribution in [0.3, 0.4) is 0 Å². The lowest BCUT2D eigenvalue weighted by Crippen LogP contribution is -2.45. The van der Waals surface area contributed by atoms with Crippen LogP contribution in [0.25, 0.3) is 11.0 Å². The monoisotopic (exact) mass is 338 g/mol. The molecule has 0 fully saturated rings. The molecule has 0 aliphatic heterocycles. The number of rotatable bonds is 5. The van der Waals surface area contributed by atoms with Gasteiger partial charge in [0.15, 0.2) is 15.5 Å². The molecule has 8 heteroatoms. The van der Waals surface area contributed by atoms with Crippen molar-refractivity contribution in [1.29, 1.82) is 0 Å². The third kappa shape index (κ3) is 3.69. The number of pyridine rings is 1. The molecule has 2 heterocycles. The van der Waals surface area contributed by atoms with Crippen molar-refractivity contribution in [3.63, 3.8) is 0 Å².